The highest BCUT2D eigenvalue weighted by Gasteiger charge is 2.30. The van der Waals surface area contributed by atoms with Crippen LogP contribution in [0.4, 0.5) is 0 Å². The van der Waals surface area contributed by atoms with Gasteiger partial charge in [-0.25, -0.2) is 0 Å². The molecule has 0 radical (unpaired) electrons. The van der Waals surface area contributed by atoms with Gasteiger partial charge in [-0.15, -0.1) is 0 Å². The molecule has 0 fully saturated rings. The van der Waals surface area contributed by atoms with E-state index in [1.165, 1.54) is 27.9 Å². The van der Waals surface area contributed by atoms with Gasteiger partial charge in [0.05, 0.1) is 0 Å². The van der Waals surface area contributed by atoms with Crippen molar-refractivity contribution in [1.29, 1.82) is 0 Å². The number of nitrogens with zero attached hydrogens (tertiary/aromatic N) is 1. The van der Waals surface area contributed by atoms with Crippen molar-refractivity contribution in [3.05, 3.63) is 64.5 Å². The molecule has 1 heterocycles. The van der Waals surface area contributed by atoms with Crippen molar-refractivity contribution in [3.8, 4) is 0 Å². The minimum atomic E-state index is 0.592. The lowest BCUT2D eigenvalue weighted by Crippen LogP contribution is -2.06. The number of pyridine rings is 1. The van der Waals surface area contributed by atoms with Crippen molar-refractivity contribution in [1.82, 2.24) is 4.98 Å². The highest BCUT2D eigenvalue weighted by molar-refractivity contribution is 5.42. The van der Waals surface area contributed by atoms with E-state index in [1.807, 2.05) is 6.20 Å². The quantitative estimate of drug-likeness (QED) is 0.726. The van der Waals surface area contributed by atoms with Crippen molar-refractivity contribution in [2.75, 3.05) is 0 Å². The number of fused-ring (bicyclic) bond motifs is 1. The van der Waals surface area contributed by atoms with E-state index in [9.17, 15) is 0 Å². The summed E-state index contributed by atoms with van der Waals surface area (Å²) in [5.41, 5.74) is 6.90. The molecule has 2 aromatic rings. The normalized spacial score (nSPS) is 21.9. The molecule has 0 amide bonds. The summed E-state index contributed by atoms with van der Waals surface area (Å²) >= 11 is 0. The van der Waals surface area contributed by atoms with Gasteiger partial charge in [-0.05, 0) is 54.4 Å². The number of hydrogen-bond donors (Lipinski definition) is 0. The second-order valence-corrected chi connectivity index (χ2v) is 5.49. The topological polar surface area (TPSA) is 12.9 Å². The first kappa shape index (κ1) is 11.5. The van der Waals surface area contributed by atoms with Gasteiger partial charge in [0.1, 0.15) is 0 Å². The zero-order valence-electron chi connectivity index (χ0n) is 11.3. The predicted molar refractivity (Wildman–Crippen MR) is 75.0 cm³/mol. The highest BCUT2D eigenvalue weighted by atomic mass is 14.7. The van der Waals surface area contributed by atoms with E-state index in [0.717, 1.165) is 6.42 Å². The molecule has 2 atom stereocenters. The number of hydrogen-bond acceptors (Lipinski definition) is 1. The summed E-state index contributed by atoms with van der Waals surface area (Å²) in [6.07, 6.45) is 3.12. The predicted octanol–water partition coefficient (Wildman–Crippen LogP) is 4.14. The molecule has 0 N–H and O–H groups in total. The van der Waals surface area contributed by atoms with Crippen LogP contribution in [0.25, 0.3) is 0 Å². The van der Waals surface area contributed by atoms with E-state index in [-0.39, 0.29) is 0 Å². The van der Waals surface area contributed by atoms with E-state index in [4.69, 9.17) is 0 Å². The first-order valence-electron chi connectivity index (χ1n) is 6.68. The molecule has 3 rings (SSSR count). The summed E-state index contributed by atoms with van der Waals surface area (Å²) in [4.78, 5) is 4.52. The second kappa shape index (κ2) is 4.24. The molecule has 1 aliphatic rings. The summed E-state index contributed by atoms with van der Waals surface area (Å²) in [5, 5.41) is 0. The lowest BCUT2D eigenvalue weighted by atomic mass is 9.87. The average Bonchev–Trinajstić information content (AvgIpc) is 2.71. The Balaban J connectivity index is 2.04. The molecule has 1 heteroatoms. The van der Waals surface area contributed by atoms with Crippen LogP contribution in [0, 0.1) is 13.8 Å². The molecule has 92 valence electrons. The van der Waals surface area contributed by atoms with Crippen molar-refractivity contribution in [2.45, 2.75) is 39.0 Å². The second-order valence-electron chi connectivity index (χ2n) is 5.49. The summed E-state index contributed by atoms with van der Waals surface area (Å²) < 4.78 is 0. The lowest BCUT2D eigenvalue weighted by molar-refractivity contribution is 0.619. The van der Waals surface area contributed by atoms with Crippen LogP contribution in [0.2, 0.25) is 0 Å². The molecule has 18 heavy (non-hydrogen) atoms. The summed E-state index contributed by atoms with van der Waals surface area (Å²) in [7, 11) is 0. The van der Waals surface area contributed by atoms with Crippen LogP contribution < -0.4 is 0 Å². The van der Waals surface area contributed by atoms with Crippen molar-refractivity contribution in [3.63, 3.8) is 0 Å². The van der Waals surface area contributed by atoms with Crippen molar-refractivity contribution >= 4 is 0 Å². The number of aromatic nitrogens is 1. The number of rotatable bonds is 1. The number of aryl methyl sites for hydroxylation is 2. The smallest absolute Gasteiger partial charge is 0.0407 e. The third-order valence-corrected chi connectivity index (χ3v) is 4.25. The minimum absolute atomic E-state index is 0.592. The van der Waals surface area contributed by atoms with E-state index in [2.05, 4.69) is 56.1 Å². The molecule has 1 nitrogen and oxygen atoms in total. The van der Waals surface area contributed by atoms with Gasteiger partial charge < -0.3 is 0 Å². The van der Waals surface area contributed by atoms with Gasteiger partial charge in [0.15, 0.2) is 0 Å². The first-order valence-corrected chi connectivity index (χ1v) is 6.68. The monoisotopic (exact) mass is 237 g/mol. The molecular formula is C17H19N. The molecule has 0 aliphatic heterocycles. The molecule has 0 bridgehead atoms. The fourth-order valence-electron chi connectivity index (χ4n) is 3.21. The maximum atomic E-state index is 4.52. The molecule has 0 spiro atoms. The van der Waals surface area contributed by atoms with Gasteiger partial charge in [0.25, 0.3) is 0 Å². The zero-order valence-corrected chi connectivity index (χ0v) is 11.3. The van der Waals surface area contributed by atoms with Gasteiger partial charge >= 0.3 is 0 Å². The maximum Gasteiger partial charge on any atom is 0.0407 e. The Kier molecular flexibility index (Phi) is 2.70. The molecular weight excluding hydrogens is 218 g/mol. The van der Waals surface area contributed by atoms with Crippen molar-refractivity contribution in [2.24, 2.45) is 0 Å². The molecule has 2 unspecified atom stereocenters. The Hall–Kier alpha value is -1.63. The molecule has 1 aromatic carbocycles. The Morgan fingerprint density at radius 1 is 1.11 bits per heavy atom. The fourth-order valence-corrected chi connectivity index (χ4v) is 3.21. The Morgan fingerprint density at radius 2 is 1.89 bits per heavy atom. The lowest BCUT2D eigenvalue weighted by Gasteiger charge is -2.18. The number of benzene rings is 1. The Morgan fingerprint density at radius 3 is 2.67 bits per heavy atom. The Labute approximate surface area is 109 Å². The van der Waals surface area contributed by atoms with Crippen LogP contribution in [0.5, 0.6) is 0 Å². The maximum absolute atomic E-state index is 4.52. The van der Waals surface area contributed by atoms with Crippen LogP contribution in [0.1, 0.15) is 46.7 Å². The zero-order chi connectivity index (χ0) is 12.7. The fraction of sp³-hybridized carbons (Fsp3) is 0.353. The summed E-state index contributed by atoms with van der Waals surface area (Å²) in [5.74, 6) is 1.19. The minimum Gasteiger partial charge on any atom is -0.261 e. The van der Waals surface area contributed by atoms with E-state index in [1.54, 1.807) is 0 Å². The van der Waals surface area contributed by atoms with Crippen LogP contribution in [0.3, 0.4) is 0 Å². The van der Waals surface area contributed by atoms with Gasteiger partial charge in [-0.1, -0.05) is 37.3 Å². The molecule has 0 saturated heterocycles. The third-order valence-electron chi connectivity index (χ3n) is 4.25. The SMILES string of the molecule is Cc1cnc(C)c(C2Cc3ccccc3C2C)c1. The van der Waals surface area contributed by atoms with Gasteiger partial charge in [0.2, 0.25) is 0 Å². The van der Waals surface area contributed by atoms with E-state index < -0.39 is 0 Å². The molecule has 1 aliphatic carbocycles. The van der Waals surface area contributed by atoms with Gasteiger partial charge in [0, 0.05) is 11.9 Å². The average molecular weight is 237 g/mol. The van der Waals surface area contributed by atoms with Crippen LogP contribution >= 0.6 is 0 Å². The van der Waals surface area contributed by atoms with E-state index >= 15 is 0 Å². The van der Waals surface area contributed by atoms with E-state index in [0.29, 0.717) is 11.8 Å². The van der Waals surface area contributed by atoms with Gasteiger partial charge in [-0.2, -0.15) is 0 Å². The first-order chi connectivity index (χ1) is 8.66. The third kappa shape index (κ3) is 1.74. The van der Waals surface area contributed by atoms with Crippen LogP contribution in [0.15, 0.2) is 36.5 Å². The van der Waals surface area contributed by atoms with Gasteiger partial charge in [-0.3, -0.25) is 4.98 Å². The highest BCUT2D eigenvalue weighted by Crippen LogP contribution is 2.44. The van der Waals surface area contributed by atoms with Crippen LogP contribution in [-0.4, -0.2) is 4.98 Å². The largest absolute Gasteiger partial charge is 0.261 e. The van der Waals surface area contributed by atoms with Crippen LogP contribution in [-0.2, 0) is 6.42 Å². The summed E-state index contributed by atoms with van der Waals surface area (Å²) in [6, 6.07) is 11.2. The van der Waals surface area contributed by atoms with Crippen molar-refractivity contribution < 1.29 is 0 Å². The standard InChI is InChI=1S/C17H19N/c1-11-8-17(13(3)18-10-11)16-9-14-6-4-5-7-15(14)12(16)2/h4-8,10,12,16H,9H2,1-3H3. The summed E-state index contributed by atoms with van der Waals surface area (Å²) in [6.45, 7) is 6.60. The molecule has 0 saturated carbocycles. The Bertz CT molecular complexity index is 586. The molecule has 1 aromatic heterocycles.